The Morgan fingerprint density at radius 2 is 2.09 bits per heavy atom. The number of amides is 1. The van der Waals surface area contributed by atoms with Gasteiger partial charge in [0.05, 0.1) is 11.7 Å². The number of carbonyl (C=O) groups excluding carboxylic acids is 1. The highest BCUT2D eigenvalue weighted by Crippen LogP contribution is 2.31. The lowest BCUT2D eigenvalue weighted by molar-refractivity contribution is -0.125. The summed E-state index contributed by atoms with van der Waals surface area (Å²) in [5.74, 6) is 1.00. The predicted octanol–water partition coefficient (Wildman–Crippen LogP) is 2.34. The van der Waals surface area contributed by atoms with Crippen LogP contribution in [0.5, 0.6) is 11.5 Å². The van der Waals surface area contributed by atoms with Crippen LogP contribution >= 0.6 is 0 Å². The van der Waals surface area contributed by atoms with Gasteiger partial charge in [-0.3, -0.25) is 9.89 Å². The van der Waals surface area contributed by atoms with E-state index in [-0.39, 0.29) is 12.5 Å². The maximum absolute atomic E-state index is 12.3. The van der Waals surface area contributed by atoms with E-state index in [1.54, 1.807) is 12.3 Å². The van der Waals surface area contributed by atoms with Crippen molar-refractivity contribution < 1.29 is 14.3 Å². The van der Waals surface area contributed by atoms with Gasteiger partial charge in [-0.05, 0) is 30.3 Å². The molecule has 0 aliphatic carbocycles. The Balaban J connectivity index is 1.50. The molecule has 3 aromatic rings. The molecule has 6 nitrogen and oxygen atoms in total. The fourth-order valence-electron chi connectivity index (χ4n) is 2.39. The van der Waals surface area contributed by atoms with Crippen molar-refractivity contribution in [3.8, 4) is 11.5 Å². The summed E-state index contributed by atoms with van der Waals surface area (Å²) in [5, 5.41) is 10.6. The molecule has 2 N–H and O–H groups in total. The average Bonchev–Trinajstić information content (AvgIpc) is 3.02. The topological polar surface area (TPSA) is 76.2 Å². The van der Waals surface area contributed by atoms with E-state index in [0.717, 1.165) is 10.9 Å². The molecule has 2 aromatic carbocycles. The zero-order valence-electron chi connectivity index (χ0n) is 11.6. The van der Waals surface area contributed by atoms with Crippen LogP contribution < -0.4 is 14.8 Å². The summed E-state index contributed by atoms with van der Waals surface area (Å²) in [6.45, 7) is 0.191. The Morgan fingerprint density at radius 3 is 3.00 bits per heavy atom. The van der Waals surface area contributed by atoms with Gasteiger partial charge in [-0.1, -0.05) is 12.1 Å². The van der Waals surface area contributed by atoms with Gasteiger partial charge in [-0.2, -0.15) is 5.10 Å². The highest BCUT2D eigenvalue weighted by atomic mass is 16.6. The normalized spacial score (nSPS) is 16.5. The smallest absolute Gasteiger partial charge is 0.269 e. The van der Waals surface area contributed by atoms with Crippen LogP contribution in [-0.2, 0) is 4.79 Å². The van der Waals surface area contributed by atoms with Crippen molar-refractivity contribution in [2.45, 2.75) is 6.10 Å². The summed E-state index contributed by atoms with van der Waals surface area (Å²) in [5.41, 5.74) is 1.62. The molecule has 2 heterocycles. The number of fused-ring (bicyclic) bond motifs is 2. The van der Waals surface area contributed by atoms with Crippen LogP contribution in [0.2, 0.25) is 0 Å². The molecule has 1 aliphatic heterocycles. The van der Waals surface area contributed by atoms with Crippen molar-refractivity contribution in [2.75, 3.05) is 11.9 Å². The molecule has 1 amide bonds. The fraction of sp³-hybridized carbons (Fsp3) is 0.125. The molecule has 0 radical (unpaired) electrons. The van der Waals surface area contributed by atoms with Crippen LogP contribution in [0.15, 0.2) is 48.7 Å². The maximum atomic E-state index is 12.3. The third-order valence-corrected chi connectivity index (χ3v) is 3.51. The number of aromatic nitrogens is 2. The Hall–Kier alpha value is -3.02. The van der Waals surface area contributed by atoms with E-state index in [1.165, 1.54) is 0 Å². The first kappa shape index (κ1) is 12.7. The van der Waals surface area contributed by atoms with Gasteiger partial charge in [0.1, 0.15) is 6.61 Å². The van der Waals surface area contributed by atoms with Crippen molar-refractivity contribution in [1.29, 1.82) is 0 Å². The van der Waals surface area contributed by atoms with Crippen molar-refractivity contribution >= 4 is 22.5 Å². The number of nitrogens with one attached hydrogen (secondary N) is 2. The van der Waals surface area contributed by atoms with Crippen LogP contribution in [0.4, 0.5) is 5.69 Å². The Labute approximate surface area is 126 Å². The summed E-state index contributed by atoms with van der Waals surface area (Å²) >= 11 is 0. The molecule has 0 saturated heterocycles. The van der Waals surface area contributed by atoms with E-state index in [4.69, 9.17) is 9.47 Å². The van der Waals surface area contributed by atoms with Crippen LogP contribution in [0.1, 0.15) is 0 Å². The monoisotopic (exact) mass is 295 g/mol. The highest BCUT2D eigenvalue weighted by molar-refractivity contribution is 5.96. The molecule has 0 saturated carbocycles. The van der Waals surface area contributed by atoms with Gasteiger partial charge in [0.15, 0.2) is 11.5 Å². The predicted molar refractivity (Wildman–Crippen MR) is 81.1 cm³/mol. The van der Waals surface area contributed by atoms with Crippen molar-refractivity contribution in [2.24, 2.45) is 0 Å². The minimum Gasteiger partial charge on any atom is -0.485 e. The van der Waals surface area contributed by atoms with Crippen molar-refractivity contribution in [3.05, 3.63) is 48.7 Å². The largest absolute Gasteiger partial charge is 0.485 e. The number of nitrogens with zero attached hydrogens (tertiary/aromatic N) is 1. The standard InChI is InChI=1S/C16H13N3O3/c20-16(15-9-21-13-3-1-2-4-14(13)22-15)18-11-5-6-12-10(7-11)8-17-19-12/h1-8,15H,9H2,(H,17,19)(H,18,20). The minimum absolute atomic E-state index is 0.191. The molecule has 0 fully saturated rings. The molecule has 6 heteroatoms. The number of rotatable bonds is 2. The van der Waals surface area contributed by atoms with Crippen LogP contribution in [0, 0.1) is 0 Å². The van der Waals surface area contributed by atoms with Gasteiger partial charge in [0.2, 0.25) is 6.10 Å². The van der Waals surface area contributed by atoms with E-state index in [9.17, 15) is 4.79 Å². The third kappa shape index (κ3) is 2.24. The van der Waals surface area contributed by atoms with E-state index >= 15 is 0 Å². The molecular formula is C16H13N3O3. The first-order chi connectivity index (χ1) is 10.8. The average molecular weight is 295 g/mol. The molecule has 1 atom stereocenters. The van der Waals surface area contributed by atoms with E-state index in [1.807, 2.05) is 36.4 Å². The first-order valence-electron chi connectivity index (χ1n) is 6.92. The van der Waals surface area contributed by atoms with Gasteiger partial charge >= 0.3 is 0 Å². The first-order valence-corrected chi connectivity index (χ1v) is 6.92. The lowest BCUT2D eigenvalue weighted by Gasteiger charge is -2.25. The molecule has 1 unspecified atom stereocenters. The number of H-pyrrole nitrogens is 1. The van der Waals surface area contributed by atoms with Crippen molar-refractivity contribution in [1.82, 2.24) is 10.2 Å². The highest BCUT2D eigenvalue weighted by Gasteiger charge is 2.27. The molecular weight excluding hydrogens is 282 g/mol. The van der Waals surface area contributed by atoms with Crippen LogP contribution in [0.3, 0.4) is 0 Å². The summed E-state index contributed by atoms with van der Waals surface area (Å²) in [4.78, 5) is 12.3. The van der Waals surface area contributed by atoms with Gasteiger partial charge in [-0.15, -0.1) is 0 Å². The fourth-order valence-corrected chi connectivity index (χ4v) is 2.39. The number of carbonyl (C=O) groups is 1. The second kappa shape index (κ2) is 5.07. The number of hydrogen-bond acceptors (Lipinski definition) is 4. The van der Waals surface area contributed by atoms with Gasteiger partial charge in [-0.25, -0.2) is 0 Å². The summed E-state index contributed by atoms with van der Waals surface area (Å²) < 4.78 is 11.2. The SMILES string of the molecule is O=C(Nc1ccc2[nH]ncc2c1)C1COc2ccccc2O1. The van der Waals surface area contributed by atoms with E-state index in [2.05, 4.69) is 15.5 Å². The minimum atomic E-state index is -0.671. The number of para-hydroxylation sites is 2. The zero-order chi connectivity index (χ0) is 14.9. The Bertz CT molecular complexity index is 843. The Kier molecular flexibility index (Phi) is 2.93. The van der Waals surface area contributed by atoms with Gasteiger partial charge in [0, 0.05) is 11.1 Å². The van der Waals surface area contributed by atoms with Gasteiger partial charge < -0.3 is 14.8 Å². The molecule has 0 bridgehead atoms. The molecule has 0 spiro atoms. The number of ether oxygens (including phenoxy) is 2. The molecule has 1 aliphatic rings. The molecule has 4 rings (SSSR count). The van der Waals surface area contributed by atoms with E-state index in [0.29, 0.717) is 17.2 Å². The second-order valence-electron chi connectivity index (χ2n) is 5.03. The quantitative estimate of drug-likeness (QED) is 0.761. The maximum Gasteiger partial charge on any atom is 0.269 e. The molecule has 22 heavy (non-hydrogen) atoms. The lowest BCUT2D eigenvalue weighted by Crippen LogP contribution is -2.40. The van der Waals surface area contributed by atoms with Crippen LogP contribution in [0.25, 0.3) is 10.9 Å². The lowest BCUT2D eigenvalue weighted by atomic mass is 10.2. The second-order valence-corrected chi connectivity index (χ2v) is 5.03. The van der Waals surface area contributed by atoms with Gasteiger partial charge in [0.25, 0.3) is 5.91 Å². The Morgan fingerprint density at radius 1 is 1.23 bits per heavy atom. The van der Waals surface area contributed by atoms with Crippen LogP contribution in [-0.4, -0.2) is 28.8 Å². The number of anilines is 1. The summed E-state index contributed by atoms with van der Waals surface area (Å²) in [6, 6.07) is 12.8. The number of benzene rings is 2. The summed E-state index contributed by atoms with van der Waals surface area (Å²) in [7, 11) is 0. The number of hydrogen-bond donors (Lipinski definition) is 2. The third-order valence-electron chi connectivity index (χ3n) is 3.51. The number of aromatic amines is 1. The van der Waals surface area contributed by atoms with Crippen molar-refractivity contribution in [3.63, 3.8) is 0 Å². The molecule has 1 aromatic heterocycles. The molecule has 110 valence electrons. The zero-order valence-corrected chi connectivity index (χ0v) is 11.6. The van der Waals surface area contributed by atoms with E-state index < -0.39 is 6.10 Å². The summed E-state index contributed by atoms with van der Waals surface area (Å²) in [6.07, 6.45) is 1.04.